The molecule has 4 nitrogen and oxygen atoms in total. The van der Waals surface area contributed by atoms with E-state index in [2.05, 4.69) is 11.8 Å². The molecule has 3 aromatic carbocycles. The lowest BCUT2D eigenvalue weighted by molar-refractivity contribution is -0.139. The molecular weight excluding hydrogens is 431 g/mol. The average molecular weight is 457 g/mol. The van der Waals surface area contributed by atoms with Crippen molar-refractivity contribution in [2.75, 3.05) is 18.1 Å². The highest BCUT2D eigenvalue weighted by Crippen LogP contribution is 2.32. The summed E-state index contributed by atoms with van der Waals surface area (Å²) in [5.74, 6) is -0.493. The third-order valence-electron chi connectivity index (χ3n) is 5.21. The predicted octanol–water partition coefficient (Wildman–Crippen LogP) is 6.56. The monoisotopic (exact) mass is 457 g/mol. The Morgan fingerprint density at radius 3 is 2.33 bits per heavy atom. The second kappa shape index (κ2) is 10.4. The summed E-state index contributed by atoms with van der Waals surface area (Å²) in [5, 5.41) is 8.80. The molecule has 0 aliphatic heterocycles. The molecule has 174 valence electrons. The van der Waals surface area contributed by atoms with E-state index in [0.717, 1.165) is 53.0 Å². The van der Waals surface area contributed by atoms with Crippen LogP contribution in [0.3, 0.4) is 0 Å². The van der Waals surface area contributed by atoms with E-state index < -0.39 is 17.7 Å². The van der Waals surface area contributed by atoms with Gasteiger partial charge in [-0.25, -0.2) is 4.79 Å². The van der Waals surface area contributed by atoms with Crippen LogP contribution in [0, 0.1) is 6.92 Å². The summed E-state index contributed by atoms with van der Waals surface area (Å²) >= 11 is 0. The molecule has 0 fully saturated rings. The Balaban J connectivity index is 1.81. The Bertz CT molecular complexity index is 1090. The van der Waals surface area contributed by atoms with Crippen LogP contribution in [0.4, 0.5) is 18.9 Å². The van der Waals surface area contributed by atoms with Crippen LogP contribution in [-0.2, 0) is 17.5 Å². The maximum absolute atomic E-state index is 12.9. The molecule has 0 saturated carbocycles. The van der Waals surface area contributed by atoms with Crippen molar-refractivity contribution < 1.29 is 27.8 Å². The molecule has 7 heteroatoms. The van der Waals surface area contributed by atoms with E-state index in [4.69, 9.17) is 9.84 Å². The maximum atomic E-state index is 12.9. The number of hydrogen-bond acceptors (Lipinski definition) is 3. The van der Waals surface area contributed by atoms with Gasteiger partial charge < -0.3 is 14.7 Å². The highest BCUT2D eigenvalue weighted by molar-refractivity contribution is 5.69. The number of ether oxygens (including phenoxy) is 1. The Kier molecular flexibility index (Phi) is 7.63. The first kappa shape index (κ1) is 24.2. The molecule has 1 N–H and O–H groups in total. The molecule has 3 rings (SSSR count). The third-order valence-corrected chi connectivity index (χ3v) is 5.21. The molecule has 0 aliphatic rings. The Labute approximate surface area is 191 Å². The van der Waals surface area contributed by atoms with Gasteiger partial charge in [0.15, 0.2) is 6.61 Å². The molecular formula is C26H26F3NO3. The smallest absolute Gasteiger partial charge is 0.416 e. The molecule has 33 heavy (non-hydrogen) atoms. The van der Waals surface area contributed by atoms with E-state index in [9.17, 15) is 18.0 Å². The number of alkyl halides is 3. The summed E-state index contributed by atoms with van der Waals surface area (Å²) in [6.07, 6.45) is -3.44. The third kappa shape index (κ3) is 6.51. The zero-order valence-electron chi connectivity index (χ0n) is 18.5. The second-order valence-corrected chi connectivity index (χ2v) is 7.83. The number of benzene rings is 3. The van der Waals surface area contributed by atoms with E-state index >= 15 is 0 Å². The molecule has 0 bridgehead atoms. The van der Waals surface area contributed by atoms with Crippen molar-refractivity contribution in [1.29, 1.82) is 0 Å². The Morgan fingerprint density at radius 2 is 1.73 bits per heavy atom. The molecule has 0 heterocycles. The summed E-state index contributed by atoms with van der Waals surface area (Å²) in [4.78, 5) is 12.9. The van der Waals surface area contributed by atoms with E-state index in [0.29, 0.717) is 12.3 Å². The average Bonchev–Trinajstić information content (AvgIpc) is 2.78. The highest BCUT2D eigenvalue weighted by Gasteiger charge is 2.30. The van der Waals surface area contributed by atoms with Gasteiger partial charge in [-0.3, -0.25) is 0 Å². The number of nitrogens with zero attached hydrogens (tertiary/aromatic N) is 1. The molecule has 0 aliphatic carbocycles. The molecule has 0 radical (unpaired) electrons. The zero-order chi connectivity index (χ0) is 24.0. The molecule has 0 aromatic heterocycles. The van der Waals surface area contributed by atoms with Crippen LogP contribution in [0.1, 0.15) is 30.0 Å². The SMILES string of the molecule is CCCN(Cc1ccc(OCC(=O)O)c(C)c1)c1cccc(-c2ccc(C(F)(F)F)cc2)c1. The fourth-order valence-electron chi connectivity index (χ4n) is 3.63. The summed E-state index contributed by atoms with van der Waals surface area (Å²) in [5.41, 5.74) is 3.76. The van der Waals surface area contributed by atoms with Crippen molar-refractivity contribution >= 4 is 11.7 Å². The van der Waals surface area contributed by atoms with Crippen LogP contribution >= 0.6 is 0 Å². The van der Waals surface area contributed by atoms with Gasteiger partial charge in [0, 0.05) is 18.8 Å². The van der Waals surface area contributed by atoms with Gasteiger partial charge in [-0.05, 0) is 65.9 Å². The van der Waals surface area contributed by atoms with Gasteiger partial charge in [-0.1, -0.05) is 43.3 Å². The molecule has 0 atom stereocenters. The van der Waals surface area contributed by atoms with Crippen molar-refractivity contribution in [3.05, 3.63) is 83.4 Å². The molecule has 0 amide bonds. The summed E-state index contributed by atoms with van der Waals surface area (Å²) in [6.45, 7) is 4.99. The van der Waals surface area contributed by atoms with Crippen LogP contribution in [0.2, 0.25) is 0 Å². The molecule has 0 saturated heterocycles. The van der Waals surface area contributed by atoms with Crippen LogP contribution in [0.25, 0.3) is 11.1 Å². The number of carboxylic acid groups (broad SMARTS) is 1. The second-order valence-electron chi connectivity index (χ2n) is 7.83. The van der Waals surface area contributed by atoms with E-state index in [1.54, 1.807) is 6.07 Å². The minimum Gasteiger partial charge on any atom is -0.482 e. The fourth-order valence-corrected chi connectivity index (χ4v) is 3.63. The van der Waals surface area contributed by atoms with Gasteiger partial charge in [-0.15, -0.1) is 0 Å². The van der Waals surface area contributed by atoms with Crippen LogP contribution < -0.4 is 9.64 Å². The number of carboxylic acids is 1. The van der Waals surface area contributed by atoms with Gasteiger partial charge in [0.25, 0.3) is 0 Å². The summed E-state index contributed by atoms with van der Waals surface area (Å²) in [6, 6.07) is 18.6. The molecule has 0 spiro atoms. The van der Waals surface area contributed by atoms with Gasteiger partial charge in [0.05, 0.1) is 5.56 Å². The summed E-state index contributed by atoms with van der Waals surface area (Å²) in [7, 11) is 0. The number of hydrogen-bond donors (Lipinski definition) is 1. The van der Waals surface area contributed by atoms with E-state index in [1.165, 1.54) is 12.1 Å². The van der Waals surface area contributed by atoms with Gasteiger partial charge in [-0.2, -0.15) is 13.2 Å². The molecule has 3 aromatic rings. The van der Waals surface area contributed by atoms with Crippen molar-refractivity contribution in [2.24, 2.45) is 0 Å². The number of aliphatic carboxylic acids is 1. The quantitative estimate of drug-likeness (QED) is 0.395. The maximum Gasteiger partial charge on any atom is 0.416 e. The molecule has 0 unspecified atom stereocenters. The first-order valence-corrected chi connectivity index (χ1v) is 10.6. The van der Waals surface area contributed by atoms with Gasteiger partial charge >= 0.3 is 12.1 Å². The number of rotatable bonds is 9. The zero-order valence-corrected chi connectivity index (χ0v) is 18.5. The first-order valence-electron chi connectivity index (χ1n) is 10.6. The highest BCUT2D eigenvalue weighted by atomic mass is 19.4. The standard InChI is InChI=1S/C26H26F3NO3/c1-3-13-30(16-19-7-12-24(18(2)14-19)33-17-25(31)32)23-6-4-5-21(15-23)20-8-10-22(11-9-20)26(27,28)29/h4-12,14-15H,3,13,16-17H2,1-2H3,(H,31,32). The van der Waals surface area contributed by atoms with E-state index in [1.807, 2.05) is 43.3 Å². The minimum absolute atomic E-state index is 0.390. The van der Waals surface area contributed by atoms with Crippen LogP contribution in [0.5, 0.6) is 5.75 Å². The number of aryl methyl sites for hydroxylation is 1. The van der Waals surface area contributed by atoms with Crippen LogP contribution in [0.15, 0.2) is 66.7 Å². The Morgan fingerprint density at radius 1 is 1.00 bits per heavy atom. The number of carbonyl (C=O) groups is 1. The van der Waals surface area contributed by atoms with E-state index in [-0.39, 0.29) is 6.61 Å². The lowest BCUT2D eigenvalue weighted by Crippen LogP contribution is -2.23. The van der Waals surface area contributed by atoms with Crippen molar-refractivity contribution in [3.8, 4) is 16.9 Å². The lowest BCUT2D eigenvalue weighted by Gasteiger charge is -2.25. The van der Waals surface area contributed by atoms with Crippen molar-refractivity contribution in [1.82, 2.24) is 0 Å². The van der Waals surface area contributed by atoms with Gasteiger partial charge in [0.2, 0.25) is 0 Å². The largest absolute Gasteiger partial charge is 0.482 e. The van der Waals surface area contributed by atoms with Crippen LogP contribution in [-0.4, -0.2) is 24.2 Å². The number of halogens is 3. The summed E-state index contributed by atoms with van der Waals surface area (Å²) < 4.78 is 43.9. The van der Waals surface area contributed by atoms with Crippen molar-refractivity contribution in [3.63, 3.8) is 0 Å². The topological polar surface area (TPSA) is 49.8 Å². The predicted molar refractivity (Wildman–Crippen MR) is 123 cm³/mol. The number of anilines is 1. The minimum atomic E-state index is -4.36. The fraction of sp³-hybridized carbons (Fsp3) is 0.269. The Hall–Kier alpha value is -3.48. The van der Waals surface area contributed by atoms with Gasteiger partial charge in [0.1, 0.15) is 5.75 Å². The lowest BCUT2D eigenvalue weighted by atomic mass is 10.0. The normalized spacial score (nSPS) is 11.3. The first-order chi connectivity index (χ1) is 15.7. The van der Waals surface area contributed by atoms with Crippen molar-refractivity contribution in [2.45, 2.75) is 33.0 Å².